The zero-order valence-electron chi connectivity index (χ0n) is 10.5. The number of carbonyl (C=O) groups is 1. The van der Waals surface area contributed by atoms with Crippen LogP contribution >= 0.6 is 0 Å². The fourth-order valence-electron chi connectivity index (χ4n) is 2.51. The molecule has 6 heteroatoms. The molecule has 20 heavy (non-hydrogen) atoms. The monoisotopic (exact) mass is 269 g/mol. The van der Waals surface area contributed by atoms with E-state index in [0.29, 0.717) is 18.0 Å². The highest BCUT2D eigenvalue weighted by atomic mass is 16.7. The Morgan fingerprint density at radius 2 is 2.15 bits per heavy atom. The standard InChI is InChI=1S/C14H11N3O3/c18-14-13-9(2-1-5-15-13)12(16-17-14)8-3-4-10-11(6-8)20-7-19-10/h1-4,6,12,15H,5,7H2. The normalized spacial score (nSPS) is 22.8. The second-order valence-corrected chi connectivity index (χ2v) is 4.65. The van der Waals surface area contributed by atoms with Gasteiger partial charge in [0.2, 0.25) is 6.79 Å². The first-order chi connectivity index (χ1) is 9.83. The summed E-state index contributed by atoms with van der Waals surface area (Å²) in [5, 5.41) is 10.9. The van der Waals surface area contributed by atoms with Gasteiger partial charge in [0, 0.05) is 12.1 Å². The number of fused-ring (bicyclic) bond motifs is 1. The third kappa shape index (κ3) is 1.61. The lowest BCUT2D eigenvalue weighted by molar-refractivity contribution is -0.115. The van der Waals surface area contributed by atoms with Crippen LogP contribution in [0, 0.1) is 0 Å². The molecule has 100 valence electrons. The Morgan fingerprint density at radius 1 is 1.25 bits per heavy atom. The number of azo groups is 1. The SMILES string of the molecule is O=C1N=NC(c2ccc3c(c2)OCO3)C2=C1NCC=C2. The highest BCUT2D eigenvalue weighted by Crippen LogP contribution is 2.39. The maximum atomic E-state index is 11.7. The van der Waals surface area contributed by atoms with E-state index in [-0.39, 0.29) is 18.7 Å². The van der Waals surface area contributed by atoms with Gasteiger partial charge in [-0.15, -0.1) is 5.11 Å². The van der Waals surface area contributed by atoms with Gasteiger partial charge in [-0.2, -0.15) is 5.11 Å². The molecule has 0 fully saturated rings. The summed E-state index contributed by atoms with van der Waals surface area (Å²) in [7, 11) is 0. The van der Waals surface area contributed by atoms with Gasteiger partial charge in [0.25, 0.3) is 0 Å². The van der Waals surface area contributed by atoms with Crippen molar-refractivity contribution >= 4 is 5.91 Å². The molecule has 3 heterocycles. The molecule has 4 rings (SSSR count). The summed E-state index contributed by atoms with van der Waals surface area (Å²) in [5.74, 6) is 1.11. The Hall–Kier alpha value is -2.63. The van der Waals surface area contributed by atoms with Crippen molar-refractivity contribution in [3.63, 3.8) is 0 Å². The van der Waals surface area contributed by atoms with E-state index in [0.717, 1.165) is 16.9 Å². The number of nitrogens with one attached hydrogen (secondary N) is 1. The predicted octanol–water partition coefficient (Wildman–Crippen LogP) is 1.86. The predicted molar refractivity (Wildman–Crippen MR) is 69.3 cm³/mol. The molecule has 1 unspecified atom stereocenters. The second-order valence-electron chi connectivity index (χ2n) is 4.65. The summed E-state index contributed by atoms with van der Waals surface area (Å²) in [6.45, 7) is 0.868. The van der Waals surface area contributed by atoms with Crippen LogP contribution in [0.3, 0.4) is 0 Å². The summed E-state index contributed by atoms with van der Waals surface area (Å²) < 4.78 is 10.7. The van der Waals surface area contributed by atoms with Crippen LogP contribution in [0.4, 0.5) is 0 Å². The van der Waals surface area contributed by atoms with Gasteiger partial charge in [-0.25, -0.2) is 0 Å². The van der Waals surface area contributed by atoms with Crippen LogP contribution in [0.15, 0.2) is 51.8 Å². The highest BCUT2D eigenvalue weighted by Gasteiger charge is 2.29. The van der Waals surface area contributed by atoms with Crippen LogP contribution in [0.1, 0.15) is 11.6 Å². The van der Waals surface area contributed by atoms with Gasteiger partial charge in [0.1, 0.15) is 11.7 Å². The largest absolute Gasteiger partial charge is 0.454 e. The maximum absolute atomic E-state index is 11.7. The lowest BCUT2D eigenvalue weighted by Crippen LogP contribution is -2.27. The van der Waals surface area contributed by atoms with E-state index in [1.807, 2.05) is 30.4 Å². The number of hydrogen-bond acceptors (Lipinski definition) is 5. The Kier molecular flexibility index (Phi) is 2.35. The quantitative estimate of drug-likeness (QED) is 0.844. The minimum atomic E-state index is -0.318. The van der Waals surface area contributed by atoms with E-state index < -0.39 is 0 Å². The lowest BCUT2D eigenvalue weighted by Gasteiger charge is -2.23. The van der Waals surface area contributed by atoms with Crippen LogP contribution in [0.25, 0.3) is 0 Å². The molecule has 3 aliphatic heterocycles. The van der Waals surface area contributed by atoms with Gasteiger partial charge in [-0.1, -0.05) is 18.2 Å². The van der Waals surface area contributed by atoms with Crippen LogP contribution in [0.2, 0.25) is 0 Å². The minimum Gasteiger partial charge on any atom is -0.454 e. The van der Waals surface area contributed by atoms with Crippen molar-refractivity contribution in [2.75, 3.05) is 13.3 Å². The highest BCUT2D eigenvalue weighted by molar-refractivity contribution is 5.95. The fraction of sp³-hybridized carbons (Fsp3) is 0.214. The summed E-state index contributed by atoms with van der Waals surface area (Å²) in [5.41, 5.74) is 2.30. The number of benzene rings is 1. The van der Waals surface area contributed by atoms with Crippen molar-refractivity contribution in [1.29, 1.82) is 0 Å². The first-order valence-electron chi connectivity index (χ1n) is 6.32. The zero-order valence-corrected chi connectivity index (χ0v) is 10.5. The van der Waals surface area contributed by atoms with Gasteiger partial charge in [0.05, 0.1) is 0 Å². The van der Waals surface area contributed by atoms with Gasteiger partial charge >= 0.3 is 5.91 Å². The Balaban J connectivity index is 1.78. The molecule has 0 aliphatic carbocycles. The molecule has 0 bridgehead atoms. The van der Waals surface area contributed by atoms with Gasteiger partial charge in [0.15, 0.2) is 11.5 Å². The summed E-state index contributed by atoms with van der Waals surface area (Å²) >= 11 is 0. The van der Waals surface area contributed by atoms with Crippen molar-refractivity contribution in [2.24, 2.45) is 10.2 Å². The van der Waals surface area contributed by atoms with Crippen molar-refractivity contribution in [2.45, 2.75) is 6.04 Å². The molecule has 1 amide bonds. The molecule has 0 saturated carbocycles. The number of carbonyl (C=O) groups excluding carboxylic acids is 1. The molecule has 6 nitrogen and oxygen atoms in total. The van der Waals surface area contributed by atoms with Crippen molar-refractivity contribution in [3.8, 4) is 11.5 Å². The third-order valence-electron chi connectivity index (χ3n) is 3.47. The molecule has 1 aromatic rings. The average Bonchev–Trinajstić information content (AvgIpc) is 2.95. The molecule has 0 aromatic heterocycles. The van der Waals surface area contributed by atoms with Gasteiger partial charge in [-0.05, 0) is 17.7 Å². The molecule has 0 saturated heterocycles. The van der Waals surface area contributed by atoms with Gasteiger partial charge in [-0.3, -0.25) is 4.79 Å². The number of nitrogens with zero attached hydrogens (tertiary/aromatic N) is 2. The number of rotatable bonds is 1. The number of dihydropyridines is 1. The zero-order chi connectivity index (χ0) is 13.5. The van der Waals surface area contributed by atoms with Crippen LogP contribution in [-0.4, -0.2) is 19.2 Å². The summed E-state index contributed by atoms with van der Waals surface area (Å²) in [6.07, 6.45) is 3.89. The third-order valence-corrected chi connectivity index (χ3v) is 3.47. The van der Waals surface area contributed by atoms with Gasteiger partial charge < -0.3 is 14.8 Å². The van der Waals surface area contributed by atoms with E-state index in [1.54, 1.807) is 0 Å². The molecule has 0 spiro atoms. The van der Waals surface area contributed by atoms with E-state index >= 15 is 0 Å². The number of amides is 1. The first kappa shape index (κ1) is 11.2. The smallest absolute Gasteiger partial charge is 0.311 e. The van der Waals surface area contributed by atoms with Crippen LogP contribution in [0.5, 0.6) is 11.5 Å². The molecule has 1 aromatic carbocycles. The topological polar surface area (TPSA) is 72.3 Å². The van der Waals surface area contributed by atoms with Crippen molar-refractivity contribution in [1.82, 2.24) is 5.32 Å². The molecular formula is C14H11N3O3. The van der Waals surface area contributed by atoms with E-state index in [9.17, 15) is 4.79 Å². The summed E-state index contributed by atoms with van der Waals surface area (Å²) in [6, 6.07) is 5.36. The van der Waals surface area contributed by atoms with Crippen molar-refractivity contribution in [3.05, 3.63) is 47.2 Å². The summed E-state index contributed by atoms with van der Waals surface area (Å²) in [4.78, 5) is 11.7. The Labute approximate surface area is 114 Å². The Bertz CT molecular complexity index is 691. The maximum Gasteiger partial charge on any atom is 0.311 e. The molecule has 3 aliphatic rings. The van der Waals surface area contributed by atoms with Crippen molar-refractivity contribution < 1.29 is 14.3 Å². The first-order valence-corrected chi connectivity index (χ1v) is 6.32. The average molecular weight is 269 g/mol. The fourth-order valence-corrected chi connectivity index (χ4v) is 2.51. The van der Waals surface area contributed by atoms with Crippen LogP contribution in [-0.2, 0) is 4.79 Å². The molecule has 1 N–H and O–H groups in total. The second kappa shape index (κ2) is 4.19. The Morgan fingerprint density at radius 3 is 3.10 bits per heavy atom. The van der Waals surface area contributed by atoms with E-state index in [4.69, 9.17) is 9.47 Å². The van der Waals surface area contributed by atoms with E-state index in [1.165, 1.54) is 0 Å². The molecule has 1 atom stereocenters. The number of hydrogen-bond donors (Lipinski definition) is 1. The minimum absolute atomic E-state index is 0.235. The molecule has 0 radical (unpaired) electrons. The molecular weight excluding hydrogens is 258 g/mol. The van der Waals surface area contributed by atoms with Crippen LogP contribution < -0.4 is 14.8 Å². The van der Waals surface area contributed by atoms with E-state index in [2.05, 4.69) is 15.5 Å². The number of ether oxygens (including phenoxy) is 2. The lowest BCUT2D eigenvalue weighted by atomic mass is 9.94.